The van der Waals surface area contributed by atoms with E-state index >= 15 is 0 Å². The summed E-state index contributed by atoms with van der Waals surface area (Å²) >= 11 is -0.160. The summed E-state index contributed by atoms with van der Waals surface area (Å²) in [5.41, 5.74) is 1.15. The topological polar surface area (TPSA) is 20.2 Å². The van der Waals surface area contributed by atoms with Crippen LogP contribution in [0.3, 0.4) is 0 Å². The standard InChI is InChI=1S/C6H7IO/c1-5-2-3-7-6(8)4-5/h2-4,8H,1H3. The lowest BCUT2D eigenvalue weighted by Crippen LogP contribution is -1.77. The lowest BCUT2D eigenvalue weighted by molar-refractivity contribution is 0.465. The van der Waals surface area contributed by atoms with E-state index in [0.717, 1.165) is 5.57 Å². The molecular formula is C6H7IO. The molecule has 0 atom stereocenters. The van der Waals surface area contributed by atoms with Crippen molar-refractivity contribution in [3.8, 4) is 0 Å². The third kappa shape index (κ3) is 1.43. The Morgan fingerprint density at radius 3 is 2.75 bits per heavy atom. The van der Waals surface area contributed by atoms with Gasteiger partial charge < -0.3 is 5.11 Å². The van der Waals surface area contributed by atoms with Crippen LogP contribution in [0.5, 0.6) is 0 Å². The zero-order chi connectivity index (χ0) is 5.98. The molecular weight excluding hydrogens is 215 g/mol. The van der Waals surface area contributed by atoms with Crippen molar-refractivity contribution in [2.24, 2.45) is 0 Å². The second-order valence-electron chi connectivity index (χ2n) is 1.61. The molecule has 0 saturated carbocycles. The summed E-state index contributed by atoms with van der Waals surface area (Å²) in [7, 11) is 0. The fourth-order valence-electron chi connectivity index (χ4n) is 0.463. The van der Waals surface area contributed by atoms with E-state index in [1.165, 1.54) is 0 Å². The van der Waals surface area contributed by atoms with Gasteiger partial charge >= 0.3 is 0 Å². The van der Waals surface area contributed by atoms with Crippen LogP contribution < -0.4 is 0 Å². The highest BCUT2D eigenvalue weighted by Crippen LogP contribution is 2.16. The maximum atomic E-state index is 8.92. The van der Waals surface area contributed by atoms with Crippen LogP contribution in [0, 0.1) is 0 Å². The molecule has 2 heteroatoms. The maximum absolute atomic E-state index is 8.92. The Morgan fingerprint density at radius 2 is 2.38 bits per heavy atom. The molecule has 44 valence electrons. The van der Waals surface area contributed by atoms with Crippen molar-refractivity contribution in [1.29, 1.82) is 0 Å². The Hall–Kier alpha value is -0.120. The van der Waals surface area contributed by atoms with Crippen LogP contribution in [-0.2, 0) is 0 Å². The van der Waals surface area contributed by atoms with Crippen molar-refractivity contribution < 1.29 is 5.11 Å². The lowest BCUT2D eigenvalue weighted by atomic mass is 10.3. The van der Waals surface area contributed by atoms with E-state index in [0.29, 0.717) is 3.77 Å². The van der Waals surface area contributed by atoms with Gasteiger partial charge in [0.15, 0.2) is 0 Å². The van der Waals surface area contributed by atoms with Crippen molar-refractivity contribution in [1.82, 2.24) is 0 Å². The summed E-state index contributed by atoms with van der Waals surface area (Å²) in [6, 6.07) is 0. The zero-order valence-electron chi connectivity index (χ0n) is 4.56. The highest BCUT2D eigenvalue weighted by Gasteiger charge is 1.90. The Bertz CT molecular complexity index is 174. The van der Waals surface area contributed by atoms with Gasteiger partial charge in [-0.3, -0.25) is 0 Å². The third-order valence-electron chi connectivity index (χ3n) is 0.847. The average Bonchev–Trinajstić information content (AvgIpc) is 1.64. The summed E-state index contributed by atoms with van der Waals surface area (Å²) < 4.78 is 2.63. The molecule has 0 aromatic rings. The third-order valence-corrected chi connectivity index (χ3v) is 2.52. The number of halogens is 1. The predicted molar refractivity (Wildman–Crippen MR) is 44.6 cm³/mol. The maximum Gasteiger partial charge on any atom is 0.147 e. The van der Waals surface area contributed by atoms with Crippen molar-refractivity contribution in [3.05, 3.63) is 21.5 Å². The van der Waals surface area contributed by atoms with Gasteiger partial charge in [0.2, 0.25) is 0 Å². The molecule has 8 heavy (non-hydrogen) atoms. The van der Waals surface area contributed by atoms with E-state index in [2.05, 4.69) is 4.01 Å². The molecule has 0 spiro atoms. The first-order valence-corrected chi connectivity index (χ1v) is 4.65. The monoisotopic (exact) mass is 222 g/mol. The SMILES string of the molecule is CC1=CC=IC(O)=C1. The lowest BCUT2D eigenvalue weighted by Gasteiger charge is -1.95. The van der Waals surface area contributed by atoms with Crippen molar-refractivity contribution in [2.45, 2.75) is 6.92 Å². The Kier molecular flexibility index (Phi) is 1.83. The van der Waals surface area contributed by atoms with Crippen LogP contribution in [0.15, 0.2) is 21.5 Å². The van der Waals surface area contributed by atoms with Gasteiger partial charge in [-0.1, -0.05) is 6.08 Å². The summed E-state index contributed by atoms with van der Waals surface area (Å²) in [4.78, 5) is 0. The zero-order valence-corrected chi connectivity index (χ0v) is 6.71. The second kappa shape index (κ2) is 2.44. The minimum absolute atomic E-state index is 0.160. The van der Waals surface area contributed by atoms with Gasteiger partial charge in [-0.25, -0.2) is 0 Å². The minimum Gasteiger partial charge on any atom is -0.503 e. The molecule has 0 radical (unpaired) electrons. The van der Waals surface area contributed by atoms with E-state index in [1.54, 1.807) is 0 Å². The van der Waals surface area contributed by atoms with Crippen LogP contribution >= 0.6 is 20.7 Å². The van der Waals surface area contributed by atoms with E-state index < -0.39 is 0 Å². The van der Waals surface area contributed by atoms with Crippen molar-refractivity contribution in [2.75, 3.05) is 0 Å². The fraction of sp³-hybridized carbons (Fsp3) is 0.167. The number of aliphatic hydroxyl groups is 1. The molecule has 0 aliphatic carbocycles. The van der Waals surface area contributed by atoms with Crippen LogP contribution in [0.2, 0.25) is 0 Å². The summed E-state index contributed by atoms with van der Waals surface area (Å²) in [5.74, 6) is 0. The molecule has 0 aromatic carbocycles. The number of hydrogen-bond acceptors (Lipinski definition) is 1. The quantitative estimate of drug-likeness (QED) is 0.622. The normalized spacial score (nSPS) is 18.6. The largest absolute Gasteiger partial charge is 0.503 e. The molecule has 1 aliphatic rings. The average molecular weight is 222 g/mol. The minimum atomic E-state index is -0.160. The summed E-state index contributed by atoms with van der Waals surface area (Å²) in [6.07, 6.45) is 3.88. The van der Waals surface area contributed by atoms with Gasteiger partial charge in [-0.2, -0.15) is 0 Å². The van der Waals surface area contributed by atoms with Gasteiger partial charge in [-0.05, 0) is 43.3 Å². The Morgan fingerprint density at radius 1 is 1.62 bits per heavy atom. The highest BCUT2D eigenvalue weighted by molar-refractivity contribution is 14.2. The van der Waals surface area contributed by atoms with E-state index in [4.69, 9.17) is 5.11 Å². The van der Waals surface area contributed by atoms with Gasteiger partial charge in [0.25, 0.3) is 0 Å². The highest BCUT2D eigenvalue weighted by atomic mass is 127. The summed E-state index contributed by atoms with van der Waals surface area (Å²) in [5, 5.41) is 8.92. The van der Waals surface area contributed by atoms with Crippen molar-refractivity contribution in [3.63, 3.8) is 0 Å². The smallest absolute Gasteiger partial charge is 0.147 e. The number of aliphatic hydroxyl groups excluding tert-OH is 1. The first-order chi connectivity index (χ1) is 3.79. The number of hydrogen-bond donors (Lipinski definition) is 1. The molecule has 1 aliphatic heterocycles. The van der Waals surface area contributed by atoms with E-state index in [-0.39, 0.29) is 20.7 Å². The van der Waals surface area contributed by atoms with Gasteiger partial charge in [0.1, 0.15) is 3.77 Å². The van der Waals surface area contributed by atoms with Crippen molar-refractivity contribution >= 4 is 24.7 Å². The first kappa shape index (κ1) is 6.01. The van der Waals surface area contributed by atoms with Crippen LogP contribution in [0.25, 0.3) is 0 Å². The van der Waals surface area contributed by atoms with Crippen LogP contribution in [0.4, 0.5) is 0 Å². The van der Waals surface area contributed by atoms with E-state index in [9.17, 15) is 0 Å². The molecule has 1 N–H and O–H groups in total. The first-order valence-electron chi connectivity index (χ1n) is 2.33. The molecule has 1 heterocycles. The fourth-order valence-corrected chi connectivity index (χ4v) is 2.25. The van der Waals surface area contributed by atoms with Gasteiger partial charge in [0, 0.05) is 0 Å². The van der Waals surface area contributed by atoms with Gasteiger partial charge in [0.05, 0.1) is 0 Å². The van der Waals surface area contributed by atoms with Gasteiger partial charge in [-0.15, -0.1) is 0 Å². The predicted octanol–water partition coefficient (Wildman–Crippen LogP) is 2.12. The summed E-state index contributed by atoms with van der Waals surface area (Å²) in [6.45, 7) is 1.98. The Balaban J connectivity index is 2.89. The molecule has 0 saturated heterocycles. The van der Waals surface area contributed by atoms with E-state index in [1.807, 2.05) is 19.1 Å². The number of rotatable bonds is 0. The molecule has 0 fully saturated rings. The Labute approximate surface area is 58.5 Å². The molecule has 0 unspecified atom stereocenters. The molecule has 0 amide bonds. The van der Waals surface area contributed by atoms with Crippen LogP contribution in [0.1, 0.15) is 6.92 Å². The molecule has 1 rings (SSSR count). The molecule has 1 nitrogen and oxygen atoms in total. The molecule has 0 aromatic heterocycles. The second-order valence-corrected chi connectivity index (χ2v) is 4.06. The number of allylic oxidation sites excluding steroid dienone is 3. The molecule has 0 bridgehead atoms. The van der Waals surface area contributed by atoms with Crippen LogP contribution in [-0.4, -0.2) is 9.12 Å².